The Morgan fingerprint density at radius 1 is 1.45 bits per heavy atom. The van der Waals surface area contributed by atoms with Crippen LogP contribution in [0.25, 0.3) is 11.0 Å². The van der Waals surface area contributed by atoms with Crippen LogP contribution in [0.1, 0.15) is 31.9 Å². The lowest BCUT2D eigenvalue weighted by atomic mass is 10.0. The van der Waals surface area contributed by atoms with Crippen molar-refractivity contribution in [2.24, 2.45) is 5.92 Å². The van der Waals surface area contributed by atoms with Gasteiger partial charge in [0.2, 0.25) is 5.91 Å². The first kappa shape index (κ1) is 13.2. The molecule has 2 aromatic rings. The molecule has 1 fully saturated rings. The third-order valence-electron chi connectivity index (χ3n) is 3.76. The summed E-state index contributed by atoms with van der Waals surface area (Å²) in [6, 6.07) is 9.43. The number of hydrogen-bond donors (Lipinski definition) is 2. The van der Waals surface area contributed by atoms with Gasteiger partial charge in [-0.15, -0.1) is 0 Å². The highest BCUT2D eigenvalue weighted by atomic mass is 16.4. The number of aliphatic hydroxyl groups is 1. The molecule has 1 aromatic heterocycles. The molecule has 0 aliphatic heterocycles. The van der Waals surface area contributed by atoms with Gasteiger partial charge in [-0.2, -0.15) is 0 Å². The molecule has 0 spiro atoms. The number of amides is 1. The zero-order valence-electron chi connectivity index (χ0n) is 11.6. The van der Waals surface area contributed by atoms with Crippen LogP contribution in [0, 0.1) is 5.92 Å². The Hall–Kier alpha value is -1.81. The summed E-state index contributed by atoms with van der Waals surface area (Å²) in [7, 11) is 0. The van der Waals surface area contributed by atoms with Crippen LogP contribution in [0.15, 0.2) is 34.7 Å². The molecule has 1 aliphatic carbocycles. The molecular formula is C16H19NO3. The van der Waals surface area contributed by atoms with E-state index >= 15 is 0 Å². The molecule has 106 valence electrons. The molecule has 1 unspecified atom stereocenters. The Morgan fingerprint density at radius 2 is 2.20 bits per heavy atom. The summed E-state index contributed by atoms with van der Waals surface area (Å²) < 4.78 is 5.66. The molecule has 0 bridgehead atoms. The molecule has 20 heavy (non-hydrogen) atoms. The molecule has 1 amide bonds. The van der Waals surface area contributed by atoms with E-state index in [1.54, 1.807) is 6.92 Å². The summed E-state index contributed by atoms with van der Waals surface area (Å²) in [5, 5.41) is 14.2. The summed E-state index contributed by atoms with van der Waals surface area (Å²) in [6.07, 6.45) is 2.86. The normalized spacial score (nSPS) is 17.9. The standard InChI is InChI=1S/C16H19NO3/c1-16(19,10-17-15(18)8-11-6-7-11)14-9-12-4-2-3-5-13(12)20-14/h2-5,9,11,19H,6-8,10H2,1H3,(H,17,18). The van der Waals surface area contributed by atoms with E-state index in [9.17, 15) is 9.90 Å². The number of carbonyl (C=O) groups is 1. The summed E-state index contributed by atoms with van der Waals surface area (Å²) in [4.78, 5) is 11.7. The zero-order valence-corrected chi connectivity index (χ0v) is 11.6. The fraction of sp³-hybridized carbons (Fsp3) is 0.438. The van der Waals surface area contributed by atoms with Crippen molar-refractivity contribution in [3.8, 4) is 0 Å². The van der Waals surface area contributed by atoms with Gasteiger partial charge >= 0.3 is 0 Å². The molecule has 1 aromatic carbocycles. The number of nitrogens with one attached hydrogen (secondary N) is 1. The minimum Gasteiger partial charge on any atom is -0.458 e. The van der Waals surface area contributed by atoms with Crippen molar-refractivity contribution in [3.63, 3.8) is 0 Å². The largest absolute Gasteiger partial charge is 0.458 e. The Balaban J connectivity index is 1.68. The van der Waals surface area contributed by atoms with Gasteiger partial charge in [0.1, 0.15) is 16.9 Å². The van der Waals surface area contributed by atoms with Crippen molar-refractivity contribution in [1.82, 2.24) is 5.32 Å². The second-order valence-electron chi connectivity index (χ2n) is 5.85. The highest BCUT2D eigenvalue weighted by molar-refractivity contribution is 5.78. The van der Waals surface area contributed by atoms with E-state index in [4.69, 9.17) is 4.42 Å². The lowest BCUT2D eigenvalue weighted by Gasteiger charge is -2.21. The van der Waals surface area contributed by atoms with Crippen LogP contribution in [0.4, 0.5) is 0 Å². The topological polar surface area (TPSA) is 62.5 Å². The monoisotopic (exact) mass is 273 g/mol. The Labute approximate surface area is 117 Å². The Kier molecular flexibility index (Phi) is 3.26. The number of para-hydroxylation sites is 1. The minimum absolute atomic E-state index is 0.00360. The summed E-state index contributed by atoms with van der Waals surface area (Å²) >= 11 is 0. The van der Waals surface area contributed by atoms with Gasteiger partial charge in [-0.05, 0) is 37.8 Å². The Morgan fingerprint density at radius 3 is 2.90 bits per heavy atom. The third-order valence-corrected chi connectivity index (χ3v) is 3.76. The minimum atomic E-state index is -1.20. The maximum atomic E-state index is 11.7. The number of furan rings is 1. The van der Waals surface area contributed by atoms with E-state index in [0.717, 1.165) is 23.8 Å². The molecule has 2 N–H and O–H groups in total. The van der Waals surface area contributed by atoms with Gasteiger partial charge in [0.25, 0.3) is 0 Å². The average molecular weight is 273 g/mol. The average Bonchev–Trinajstić information content (AvgIpc) is 3.11. The highest BCUT2D eigenvalue weighted by Gasteiger charge is 2.29. The van der Waals surface area contributed by atoms with Gasteiger partial charge in [-0.25, -0.2) is 0 Å². The van der Waals surface area contributed by atoms with E-state index in [1.807, 2.05) is 30.3 Å². The number of fused-ring (bicyclic) bond motifs is 1. The molecule has 1 aliphatic rings. The molecule has 0 saturated heterocycles. The van der Waals surface area contributed by atoms with E-state index in [-0.39, 0.29) is 12.5 Å². The lowest BCUT2D eigenvalue weighted by Crippen LogP contribution is -2.38. The molecule has 4 heteroatoms. The van der Waals surface area contributed by atoms with Gasteiger partial charge in [0.15, 0.2) is 0 Å². The highest BCUT2D eigenvalue weighted by Crippen LogP contribution is 2.32. The predicted octanol–water partition coefficient (Wildman–Crippen LogP) is 2.56. The van der Waals surface area contributed by atoms with Crippen LogP contribution >= 0.6 is 0 Å². The van der Waals surface area contributed by atoms with Gasteiger partial charge in [0, 0.05) is 11.8 Å². The number of benzene rings is 1. The van der Waals surface area contributed by atoms with Crippen molar-refractivity contribution in [3.05, 3.63) is 36.1 Å². The van der Waals surface area contributed by atoms with Crippen molar-refractivity contribution >= 4 is 16.9 Å². The van der Waals surface area contributed by atoms with Gasteiger partial charge < -0.3 is 14.8 Å². The molecule has 1 saturated carbocycles. The van der Waals surface area contributed by atoms with Crippen LogP contribution in [-0.2, 0) is 10.4 Å². The fourth-order valence-electron chi connectivity index (χ4n) is 2.26. The van der Waals surface area contributed by atoms with Gasteiger partial charge in [0.05, 0.1) is 6.54 Å². The SMILES string of the molecule is CC(O)(CNC(=O)CC1CC1)c1cc2ccccc2o1. The molecule has 0 radical (unpaired) electrons. The third kappa shape index (κ3) is 2.85. The van der Waals surface area contributed by atoms with Crippen LogP contribution in [0.3, 0.4) is 0 Å². The Bertz CT molecular complexity index is 592. The first-order valence-corrected chi connectivity index (χ1v) is 7.03. The first-order valence-electron chi connectivity index (χ1n) is 7.03. The smallest absolute Gasteiger partial charge is 0.220 e. The van der Waals surface area contributed by atoms with E-state index in [1.165, 1.54) is 0 Å². The summed E-state index contributed by atoms with van der Waals surface area (Å²) in [5.74, 6) is 1.03. The molecule has 4 nitrogen and oxygen atoms in total. The van der Waals surface area contributed by atoms with Crippen molar-refractivity contribution in [1.29, 1.82) is 0 Å². The van der Waals surface area contributed by atoms with Gasteiger partial charge in [-0.1, -0.05) is 18.2 Å². The van der Waals surface area contributed by atoms with Crippen LogP contribution in [0.5, 0.6) is 0 Å². The van der Waals surface area contributed by atoms with Crippen molar-refractivity contribution in [2.45, 2.75) is 31.8 Å². The zero-order chi connectivity index (χ0) is 14.2. The second kappa shape index (κ2) is 4.94. The summed E-state index contributed by atoms with van der Waals surface area (Å²) in [6.45, 7) is 1.82. The maximum Gasteiger partial charge on any atom is 0.220 e. The van der Waals surface area contributed by atoms with E-state index < -0.39 is 5.60 Å². The quantitative estimate of drug-likeness (QED) is 0.880. The first-order chi connectivity index (χ1) is 9.54. The number of rotatable bonds is 5. The van der Waals surface area contributed by atoms with E-state index in [2.05, 4.69) is 5.32 Å². The van der Waals surface area contributed by atoms with E-state index in [0.29, 0.717) is 18.1 Å². The van der Waals surface area contributed by atoms with Crippen molar-refractivity contribution in [2.75, 3.05) is 6.54 Å². The number of hydrogen-bond acceptors (Lipinski definition) is 3. The fourth-order valence-corrected chi connectivity index (χ4v) is 2.26. The van der Waals surface area contributed by atoms with Gasteiger partial charge in [-0.3, -0.25) is 4.79 Å². The molecular weight excluding hydrogens is 254 g/mol. The summed E-state index contributed by atoms with van der Waals surface area (Å²) in [5.41, 5.74) is -0.454. The predicted molar refractivity (Wildman–Crippen MR) is 76.1 cm³/mol. The molecule has 1 atom stereocenters. The van der Waals surface area contributed by atoms with Crippen molar-refractivity contribution < 1.29 is 14.3 Å². The number of carbonyl (C=O) groups excluding carboxylic acids is 1. The second-order valence-corrected chi connectivity index (χ2v) is 5.85. The lowest BCUT2D eigenvalue weighted by molar-refractivity contribution is -0.122. The van der Waals surface area contributed by atoms with Crippen LogP contribution < -0.4 is 5.32 Å². The maximum absolute atomic E-state index is 11.7. The molecule has 1 heterocycles. The molecule has 3 rings (SSSR count). The van der Waals surface area contributed by atoms with Crippen LogP contribution in [0.2, 0.25) is 0 Å². The van der Waals surface area contributed by atoms with Crippen LogP contribution in [-0.4, -0.2) is 17.6 Å².